The van der Waals surface area contributed by atoms with Crippen LogP contribution in [0.15, 0.2) is 35.2 Å². The number of nitrogens with zero attached hydrogens (tertiary/aromatic N) is 1. The highest BCUT2D eigenvalue weighted by Gasteiger charge is 2.45. The van der Waals surface area contributed by atoms with Crippen molar-refractivity contribution in [1.82, 2.24) is 10.2 Å². The van der Waals surface area contributed by atoms with Gasteiger partial charge in [-0.1, -0.05) is 25.1 Å². The maximum atomic E-state index is 12.5. The molecule has 1 saturated heterocycles. The summed E-state index contributed by atoms with van der Waals surface area (Å²) in [5.41, 5.74) is -0.778. The Hall–Kier alpha value is -1.49. The number of nitrogens with one attached hydrogen (secondary N) is 1. The van der Waals surface area contributed by atoms with Crippen LogP contribution >= 0.6 is 11.8 Å². The molecule has 1 N–H and O–H groups in total. The molecule has 1 unspecified atom stereocenters. The van der Waals surface area contributed by atoms with Gasteiger partial charge in [0.2, 0.25) is 11.8 Å². The second-order valence-corrected chi connectivity index (χ2v) is 6.81. The molecule has 1 aromatic rings. The topological polar surface area (TPSA) is 49.4 Å². The van der Waals surface area contributed by atoms with Gasteiger partial charge in [0, 0.05) is 17.2 Å². The Labute approximate surface area is 130 Å². The third-order valence-corrected chi connectivity index (χ3v) is 4.83. The molecule has 0 aliphatic carbocycles. The minimum Gasteiger partial charge on any atom is -0.342 e. The average molecular weight is 306 g/mol. The predicted molar refractivity (Wildman–Crippen MR) is 85.2 cm³/mol. The van der Waals surface area contributed by atoms with Crippen molar-refractivity contribution in [3.8, 4) is 0 Å². The number of carbonyl (C=O) groups is 2. The second-order valence-electron chi connectivity index (χ2n) is 5.64. The first-order valence-electron chi connectivity index (χ1n) is 7.27. The molecule has 4 nitrogen and oxygen atoms in total. The van der Waals surface area contributed by atoms with Gasteiger partial charge in [-0.3, -0.25) is 9.59 Å². The summed E-state index contributed by atoms with van der Waals surface area (Å²) < 4.78 is 0. The predicted octanol–water partition coefficient (Wildman–Crippen LogP) is 2.29. The first-order valence-corrected chi connectivity index (χ1v) is 8.25. The molecule has 1 aliphatic rings. The highest BCUT2D eigenvalue weighted by Crippen LogP contribution is 2.24. The van der Waals surface area contributed by atoms with Gasteiger partial charge in [-0.15, -0.1) is 11.8 Å². The second kappa shape index (κ2) is 6.52. The highest BCUT2D eigenvalue weighted by molar-refractivity contribution is 7.99. The lowest BCUT2D eigenvalue weighted by Crippen LogP contribution is -2.68. The van der Waals surface area contributed by atoms with Crippen LogP contribution in [-0.2, 0) is 9.59 Å². The van der Waals surface area contributed by atoms with Crippen molar-refractivity contribution >= 4 is 23.6 Å². The van der Waals surface area contributed by atoms with Gasteiger partial charge >= 0.3 is 0 Å². The fraction of sp³-hybridized carbons (Fsp3) is 0.500. The van der Waals surface area contributed by atoms with Gasteiger partial charge in [-0.25, -0.2) is 0 Å². The fourth-order valence-corrected chi connectivity index (χ4v) is 3.28. The van der Waals surface area contributed by atoms with E-state index < -0.39 is 5.54 Å². The summed E-state index contributed by atoms with van der Waals surface area (Å²) in [5, 5.41) is 2.81. The summed E-state index contributed by atoms with van der Waals surface area (Å²) in [7, 11) is 0. The van der Waals surface area contributed by atoms with E-state index in [1.54, 1.807) is 30.5 Å². The van der Waals surface area contributed by atoms with Crippen LogP contribution < -0.4 is 5.32 Å². The molecule has 0 aromatic heterocycles. The number of benzene rings is 1. The van der Waals surface area contributed by atoms with Gasteiger partial charge in [0.15, 0.2) is 0 Å². The smallest absolute Gasteiger partial charge is 0.246 e. The Kier molecular flexibility index (Phi) is 4.93. The monoisotopic (exact) mass is 306 g/mol. The van der Waals surface area contributed by atoms with Crippen molar-refractivity contribution in [2.24, 2.45) is 0 Å². The van der Waals surface area contributed by atoms with Crippen molar-refractivity contribution in [2.45, 2.75) is 43.7 Å². The zero-order valence-corrected chi connectivity index (χ0v) is 13.6. The van der Waals surface area contributed by atoms with Crippen LogP contribution in [0.1, 0.15) is 27.2 Å². The minimum absolute atomic E-state index is 0.0239. The molecule has 2 rings (SSSR count). The third kappa shape index (κ3) is 3.40. The molecule has 2 amide bonds. The van der Waals surface area contributed by atoms with E-state index in [9.17, 15) is 9.59 Å². The molecule has 21 heavy (non-hydrogen) atoms. The lowest BCUT2D eigenvalue weighted by atomic mass is 9.95. The van der Waals surface area contributed by atoms with E-state index in [1.165, 1.54) is 4.90 Å². The van der Waals surface area contributed by atoms with Crippen LogP contribution in [0.3, 0.4) is 0 Å². The largest absolute Gasteiger partial charge is 0.342 e. The van der Waals surface area contributed by atoms with Crippen LogP contribution in [0.5, 0.6) is 0 Å². The molecule has 114 valence electrons. The number of hydrogen-bond acceptors (Lipinski definition) is 3. The summed E-state index contributed by atoms with van der Waals surface area (Å²) in [6.45, 7) is 6.10. The zero-order chi connectivity index (χ0) is 15.5. The first kappa shape index (κ1) is 15.9. The number of rotatable bonds is 5. The molecular formula is C16H22N2O2S. The highest BCUT2D eigenvalue weighted by atomic mass is 32.2. The maximum absolute atomic E-state index is 12.5. The van der Waals surface area contributed by atoms with Gasteiger partial charge in [0.05, 0.1) is 0 Å². The Morgan fingerprint density at radius 1 is 1.24 bits per heavy atom. The maximum Gasteiger partial charge on any atom is 0.246 e. The summed E-state index contributed by atoms with van der Waals surface area (Å²) in [6, 6.07) is 9.70. The van der Waals surface area contributed by atoms with Gasteiger partial charge in [0.25, 0.3) is 0 Å². The van der Waals surface area contributed by atoms with E-state index in [-0.39, 0.29) is 17.9 Å². The molecule has 0 radical (unpaired) electrons. The Morgan fingerprint density at radius 3 is 2.52 bits per heavy atom. The van der Waals surface area contributed by atoms with Crippen LogP contribution in [0, 0.1) is 0 Å². The molecule has 1 aromatic carbocycles. The van der Waals surface area contributed by atoms with Gasteiger partial charge in [0.1, 0.15) is 11.6 Å². The van der Waals surface area contributed by atoms with Crippen LogP contribution in [0.2, 0.25) is 0 Å². The van der Waals surface area contributed by atoms with Crippen LogP contribution in [0.25, 0.3) is 0 Å². The van der Waals surface area contributed by atoms with Gasteiger partial charge < -0.3 is 10.2 Å². The minimum atomic E-state index is -0.778. The third-order valence-electron chi connectivity index (χ3n) is 3.83. The molecule has 1 heterocycles. The lowest BCUT2D eigenvalue weighted by Gasteiger charge is -2.44. The molecular weight excluding hydrogens is 284 g/mol. The quantitative estimate of drug-likeness (QED) is 0.849. The summed E-state index contributed by atoms with van der Waals surface area (Å²) >= 11 is 1.70. The van der Waals surface area contributed by atoms with E-state index in [0.717, 1.165) is 5.75 Å². The van der Waals surface area contributed by atoms with E-state index in [4.69, 9.17) is 0 Å². The summed E-state index contributed by atoms with van der Waals surface area (Å²) in [6.07, 6.45) is 0.628. The normalized spacial score (nSPS) is 21.3. The fourth-order valence-electron chi connectivity index (χ4n) is 2.42. The Morgan fingerprint density at radius 2 is 1.90 bits per heavy atom. The molecule has 0 saturated carbocycles. The average Bonchev–Trinajstić information content (AvgIpc) is 2.48. The molecule has 1 fully saturated rings. The first-order chi connectivity index (χ1) is 9.96. The van der Waals surface area contributed by atoms with Crippen molar-refractivity contribution in [3.05, 3.63) is 30.3 Å². The Bertz CT molecular complexity index is 516. The lowest BCUT2D eigenvalue weighted by molar-refractivity contribution is -0.154. The number of carbonyl (C=O) groups excluding carboxylic acids is 2. The van der Waals surface area contributed by atoms with Crippen molar-refractivity contribution in [1.29, 1.82) is 0 Å². The van der Waals surface area contributed by atoms with Crippen LogP contribution in [-0.4, -0.2) is 40.6 Å². The van der Waals surface area contributed by atoms with E-state index in [1.807, 2.05) is 25.1 Å². The summed E-state index contributed by atoms with van der Waals surface area (Å²) in [4.78, 5) is 27.5. The molecule has 5 heteroatoms. The van der Waals surface area contributed by atoms with Crippen molar-refractivity contribution in [3.63, 3.8) is 0 Å². The number of hydrogen-bond donors (Lipinski definition) is 1. The van der Waals surface area contributed by atoms with Crippen molar-refractivity contribution in [2.75, 3.05) is 12.3 Å². The molecule has 1 atom stereocenters. The van der Waals surface area contributed by atoms with E-state index in [0.29, 0.717) is 13.0 Å². The van der Waals surface area contributed by atoms with E-state index >= 15 is 0 Å². The molecule has 0 spiro atoms. The van der Waals surface area contributed by atoms with Crippen LogP contribution in [0.4, 0.5) is 0 Å². The van der Waals surface area contributed by atoms with E-state index in [2.05, 4.69) is 17.4 Å². The number of amides is 2. The Balaban J connectivity index is 2.01. The van der Waals surface area contributed by atoms with Crippen molar-refractivity contribution < 1.29 is 9.59 Å². The number of thioether (sulfide) groups is 1. The molecule has 0 bridgehead atoms. The SMILES string of the molecule is CCC1NC(=O)C(C)(C)N(CCSc2ccccc2)C1=O. The van der Waals surface area contributed by atoms with Gasteiger partial charge in [-0.05, 0) is 32.4 Å². The summed E-state index contributed by atoms with van der Waals surface area (Å²) in [5.74, 6) is 0.734. The van der Waals surface area contributed by atoms with Gasteiger partial charge in [-0.2, -0.15) is 0 Å². The molecule has 1 aliphatic heterocycles. The zero-order valence-electron chi connectivity index (χ0n) is 12.8. The number of piperazine rings is 1. The standard InChI is InChI=1S/C16H22N2O2S/c1-4-13-14(19)18(16(2,3)15(20)17-13)10-11-21-12-8-6-5-7-9-12/h5-9,13H,4,10-11H2,1-3H3,(H,17,20).